The van der Waals surface area contributed by atoms with Gasteiger partial charge in [-0.15, -0.1) is 0 Å². The summed E-state index contributed by atoms with van der Waals surface area (Å²) in [4.78, 5) is 11.6. The molecule has 0 bridgehead atoms. The summed E-state index contributed by atoms with van der Waals surface area (Å²) in [6.07, 6.45) is 0.224. The van der Waals surface area contributed by atoms with Crippen LogP contribution in [-0.4, -0.2) is 12.6 Å². The summed E-state index contributed by atoms with van der Waals surface area (Å²) >= 11 is 0. The Labute approximate surface area is 117 Å². The third-order valence-electron chi connectivity index (χ3n) is 2.85. The van der Waals surface area contributed by atoms with E-state index in [2.05, 4.69) is 0 Å². The molecule has 20 heavy (non-hydrogen) atoms. The van der Waals surface area contributed by atoms with Crippen LogP contribution < -0.4 is 0 Å². The molecule has 0 radical (unpaired) electrons. The number of esters is 1. The molecule has 1 aromatic heterocycles. The smallest absolute Gasteiger partial charge is 0.323 e. The summed E-state index contributed by atoms with van der Waals surface area (Å²) in [5.41, 5.74) is 0.961. The second kappa shape index (κ2) is 6.58. The molecule has 0 N–H and O–H groups in total. The van der Waals surface area contributed by atoms with E-state index in [1.807, 2.05) is 42.5 Å². The van der Waals surface area contributed by atoms with E-state index < -0.39 is 11.9 Å². The zero-order chi connectivity index (χ0) is 14.4. The maximum Gasteiger partial charge on any atom is 0.323 e. The third kappa shape index (κ3) is 3.27. The molecule has 102 valence electrons. The van der Waals surface area contributed by atoms with Crippen LogP contribution in [0, 0.1) is 17.2 Å². The van der Waals surface area contributed by atoms with Crippen molar-refractivity contribution in [3.63, 3.8) is 0 Å². The topological polar surface area (TPSA) is 63.2 Å². The molecule has 2 rings (SSSR count). The van der Waals surface area contributed by atoms with E-state index >= 15 is 0 Å². The zero-order valence-electron chi connectivity index (χ0n) is 11.2. The quantitative estimate of drug-likeness (QED) is 0.782. The Morgan fingerprint density at radius 3 is 2.70 bits per heavy atom. The van der Waals surface area contributed by atoms with Crippen LogP contribution in [0.2, 0.25) is 0 Å². The fraction of sp³-hybridized carbons (Fsp3) is 0.250. The van der Waals surface area contributed by atoms with E-state index in [0.717, 1.165) is 11.3 Å². The van der Waals surface area contributed by atoms with Gasteiger partial charge < -0.3 is 9.15 Å². The summed E-state index contributed by atoms with van der Waals surface area (Å²) in [5, 5.41) is 9.02. The van der Waals surface area contributed by atoms with Crippen molar-refractivity contribution in [2.75, 3.05) is 6.61 Å². The van der Waals surface area contributed by atoms with Gasteiger partial charge in [0.05, 0.1) is 12.7 Å². The number of furan rings is 1. The fourth-order valence-electron chi connectivity index (χ4n) is 1.87. The lowest BCUT2D eigenvalue weighted by Gasteiger charge is -2.06. The highest BCUT2D eigenvalue weighted by Gasteiger charge is 2.21. The number of nitrogens with zero attached hydrogens (tertiary/aromatic N) is 1. The molecule has 1 aromatic carbocycles. The molecule has 2 aromatic rings. The second-order valence-electron chi connectivity index (χ2n) is 4.27. The number of benzene rings is 1. The monoisotopic (exact) mass is 269 g/mol. The number of nitriles is 1. The Bertz CT molecular complexity index is 610. The molecule has 1 heterocycles. The van der Waals surface area contributed by atoms with Crippen molar-refractivity contribution >= 4 is 5.97 Å². The summed E-state index contributed by atoms with van der Waals surface area (Å²) in [6.45, 7) is 1.98. The van der Waals surface area contributed by atoms with Crippen LogP contribution in [-0.2, 0) is 16.0 Å². The van der Waals surface area contributed by atoms with Gasteiger partial charge in [-0.05, 0) is 19.1 Å². The molecule has 0 aliphatic rings. The van der Waals surface area contributed by atoms with Crippen molar-refractivity contribution < 1.29 is 13.9 Å². The van der Waals surface area contributed by atoms with Gasteiger partial charge in [-0.25, -0.2) is 0 Å². The summed E-state index contributed by atoms with van der Waals surface area (Å²) in [6, 6.07) is 15.2. The van der Waals surface area contributed by atoms with Crippen LogP contribution in [0.4, 0.5) is 0 Å². The molecular formula is C16H15NO3. The first-order valence-electron chi connectivity index (χ1n) is 6.45. The summed E-state index contributed by atoms with van der Waals surface area (Å²) < 4.78 is 10.5. The Kier molecular flexibility index (Phi) is 4.56. The second-order valence-corrected chi connectivity index (χ2v) is 4.27. The van der Waals surface area contributed by atoms with E-state index in [1.54, 1.807) is 13.0 Å². The van der Waals surface area contributed by atoms with Crippen molar-refractivity contribution in [2.24, 2.45) is 5.92 Å². The Balaban J connectivity index is 2.10. The molecule has 0 spiro atoms. The Morgan fingerprint density at radius 1 is 1.30 bits per heavy atom. The lowest BCUT2D eigenvalue weighted by Crippen LogP contribution is -2.18. The van der Waals surface area contributed by atoms with Gasteiger partial charge in [0.1, 0.15) is 11.5 Å². The van der Waals surface area contributed by atoms with Gasteiger partial charge in [-0.1, -0.05) is 30.3 Å². The van der Waals surface area contributed by atoms with Gasteiger partial charge in [0.25, 0.3) is 0 Å². The van der Waals surface area contributed by atoms with Crippen LogP contribution in [0.3, 0.4) is 0 Å². The van der Waals surface area contributed by atoms with Crippen molar-refractivity contribution in [3.8, 4) is 17.4 Å². The SMILES string of the molecule is CCOC(=O)C(C#N)Cc1ccc(-c2ccccc2)o1. The number of carbonyl (C=O) groups is 1. The number of carbonyl (C=O) groups excluding carboxylic acids is 1. The third-order valence-corrected chi connectivity index (χ3v) is 2.85. The van der Waals surface area contributed by atoms with Crippen LogP contribution in [0.25, 0.3) is 11.3 Å². The molecule has 1 atom stereocenters. The minimum atomic E-state index is -0.829. The maximum absolute atomic E-state index is 11.6. The normalized spacial score (nSPS) is 11.6. The van der Waals surface area contributed by atoms with Gasteiger partial charge in [0.2, 0.25) is 0 Å². The Morgan fingerprint density at radius 2 is 2.05 bits per heavy atom. The van der Waals surface area contributed by atoms with Gasteiger partial charge in [-0.2, -0.15) is 5.26 Å². The van der Waals surface area contributed by atoms with Crippen LogP contribution >= 0.6 is 0 Å². The molecule has 4 heteroatoms. The first-order chi connectivity index (χ1) is 9.74. The van der Waals surface area contributed by atoms with Crippen LogP contribution in [0.15, 0.2) is 46.9 Å². The molecule has 0 fully saturated rings. The number of hydrogen-bond acceptors (Lipinski definition) is 4. The average molecular weight is 269 g/mol. The predicted molar refractivity (Wildman–Crippen MR) is 73.6 cm³/mol. The van der Waals surface area contributed by atoms with E-state index in [4.69, 9.17) is 14.4 Å². The fourth-order valence-corrected chi connectivity index (χ4v) is 1.87. The van der Waals surface area contributed by atoms with E-state index in [1.165, 1.54) is 0 Å². The highest BCUT2D eigenvalue weighted by atomic mass is 16.5. The van der Waals surface area contributed by atoms with E-state index in [0.29, 0.717) is 5.76 Å². The van der Waals surface area contributed by atoms with E-state index in [9.17, 15) is 4.79 Å². The summed E-state index contributed by atoms with van der Waals surface area (Å²) in [5.74, 6) is -0.0120. The van der Waals surface area contributed by atoms with Crippen molar-refractivity contribution in [3.05, 3.63) is 48.2 Å². The largest absolute Gasteiger partial charge is 0.465 e. The van der Waals surface area contributed by atoms with Crippen LogP contribution in [0.5, 0.6) is 0 Å². The molecule has 0 amide bonds. The van der Waals surface area contributed by atoms with Crippen molar-refractivity contribution in [2.45, 2.75) is 13.3 Å². The molecule has 0 saturated carbocycles. The molecule has 0 aliphatic heterocycles. The lowest BCUT2D eigenvalue weighted by atomic mass is 10.1. The first-order valence-corrected chi connectivity index (χ1v) is 6.45. The number of ether oxygens (including phenoxy) is 1. The number of rotatable bonds is 5. The minimum absolute atomic E-state index is 0.224. The molecule has 0 saturated heterocycles. The first kappa shape index (κ1) is 13.9. The van der Waals surface area contributed by atoms with Gasteiger partial charge in [0, 0.05) is 12.0 Å². The number of hydrogen-bond donors (Lipinski definition) is 0. The minimum Gasteiger partial charge on any atom is -0.465 e. The predicted octanol–water partition coefficient (Wildman–Crippen LogP) is 3.19. The van der Waals surface area contributed by atoms with Gasteiger partial charge in [0.15, 0.2) is 5.92 Å². The highest BCUT2D eigenvalue weighted by molar-refractivity contribution is 5.75. The maximum atomic E-state index is 11.6. The van der Waals surface area contributed by atoms with Gasteiger partial charge >= 0.3 is 5.97 Å². The molecule has 4 nitrogen and oxygen atoms in total. The molecule has 0 aliphatic carbocycles. The molecular weight excluding hydrogens is 254 g/mol. The van der Waals surface area contributed by atoms with Crippen molar-refractivity contribution in [1.29, 1.82) is 5.26 Å². The Hall–Kier alpha value is -2.54. The lowest BCUT2D eigenvalue weighted by molar-refractivity contribution is -0.146. The van der Waals surface area contributed by atoms with Crippen LogP contribution in [0.1, 0.15) is 12.7 Å². The average Bonchev–Trinajstić information content (AvgIpc) is 2.94. The molecule has 1 unspecified atom stereocenters. The van der Waals surface area contributed by atoms with Crippen molar-refractivity contribution in [1.82, 2.24) is 0 Å². The summed E-state index contributed by atoms with van der Waals surface area (Å²) in [7, 11) is 0. The van der Waals surface area contributed by atoms with E-state index in [-0.39, 0.29) is 13.0 Å². The van der Waals surface area contributed by atoms with Gasteiger partial charge in [-0.3, -0.25) is 4.79 Å². The highest BCUT2D eigenvalue weighted by Crippen LogP contribution is 2.23. The zero-order valence-corrected chi connectivity index (χ0v) is 11.2. The standard InChI is InChI=1S/C16H15NO3/c1-2-19-16(18)13(11-17)10-14-8-9-15(20-14)12-6-4-3-5-7-12/h3-9,13H,2,10H2,1H3.